The van der Waals surface area contributed by atoms with Crippen LogP contribution in [0.3, 0.4) is 0 Å². The van der Waals surface area contributed by atoms with Gasteiger partial charge in [0, 0.05) is 11.8 Å². The molecule has 3 aromatic rings. The quantitative estimate of drug-likeness (QED) is 0.767. The van der Waals surface area contributed by atoms with E-state index < -0.39 is 5.82 Å². The van der Waals surface area contributed by atoms with E-state index in [1.807, 2.05) is 13.0 Å². The molecule has 0 spiro atoms. The van der Waals surface area contributed by atoms with Crippen LogP contribution in [0.2, 0.25) is 0 Å². The summed E-state index contributed by atoms with van der Waals surface area (Å²) >= 11 is 0. The Hall–Kier alpha value is -2.43. The fourth-order valence-corrected chi connectivity index (χ4v) is 1.95. The number of methoxy groups -OCH3 is 1. The van der Waals surface area contributed by atoms with Crippen LogP contribution in [0.15, 0.2) is 30.5 Å². The van der Waals surface area contributed by atoms with Crippen molar-refractivity contribution in [3.05, 3.63) is 41.8 Å². The highest BCUT2D eigenvalue weighted by atomic mass is 19.1. The number of halogens is 1. The number of ether oxygens (including phenoxy) is 1. The number of nitrogens with one attached hydrogen (secondary N) is 1. The Labute approximate surface area is 109 Å². The van der Waals surface area contributed by atoms with Crippen LogP contribution < -0.4 is 4.74 Å². The van der Waals surface area contributed by atoms with Gasteiger partial charge in [-0.2, -0.15) is 0 Å². The van der Waals surface area contributed by atoms with Crippen molar-refractivity contribution in [2.45, 2.75) is 6.92 Å². The first-order chi connectivity index (χ1) is 9.17. The first-order valence-corrected chi connectivity index (χ1v) is 5.83. The first-order valence-electron chi connectivity index (χ1n) is 5.83. The standard InChI is InChI=1S/C14H12FN3O/c1-8-5-11-14(16-7-8)18-13(17-11)9-3-4-12(19-2)10(15)6-9/h3-7H,1-2H3,(H,16,17,18). The van der Waals surface area contributed by atoms with Crippen molar-refractivity contribution in [1.29, 1.82) is 0 Å². The summed E-state index contributed by atoms with van der Waals surface area (Å²) in [6.45, 7) is 1.96. The van der Waals surface area contributed by atoms with Gasteiger partial charge in [-0.25, -0.2) is 14.4 Å². The summed E-state index contributed by atoms with van der Waals surface area (Å²) in [4.78, 5) is 11.7. The molecule has 2 aromatic heterocycles. The van der Waals surface area contributed by atoms with E-state index in [4.69, 9.17) is 4.74 Å². The molecule has 19 heavy (non-hydrogen) atoms. The van der Waals surface area contributed by atoms with E-state index in [9.17, 15) is 4.39 Å². The maximum Gasteiger partial charge on any atom is 0.178 e. The van der Waals surface area contributed by atoms with E-state index in [1.165, 1.54) is 13.2 Å². The number of H-pyrrole nitrogens is 1. The van der Waals surface area contributed by atoms with Crippen molar-refractivity contribution < 1.29 is 9.13 Å². The molecule has 5 heteroatoms. The molecule has 0 saturated carbocycles. The SMILES string of the molecule is COc1ccc(-c2nc3ncc(C)cc3[nH]2)cc1F. The monoisotopic (exact) mass is 257 g/mol. The topological polar surface area (TPSA) is 50.8 Å². The van der Waals surface area contributed by atoms with Gasteiger partial charge in [0.15, 0.2) is 17.2 Å². The van der Waals surface area contributed by atoms with E-state index in [0.29, 0.717) is 17.0 Å². The Balaban J connectivity index is 2.11. The van der Waals surface area contributed by atoms with E-state index in [2.05, 4.69) is 15.0 Å². The lowest BCUT2D eigenvalue weighted by molar-refractivity contribution is 0.386. The lowest BCUT2D eigenvalue weighted by Crippen LogP contribution is -1.89. The van der Waals surface area contributed by atoms with E-state index >= 15 is 0 Å². The van der Waals surface area contributed by atoms with Gasteiger partial charge >= 0.3 is 0 Å². The zero-order chi connectivity index (χ0) is 13.4. The van der Waals surface area contributed by atoms with Crippen molar-refractivity contribution in [3.63, 3.8) is 0 Å². The summed E-state index contributed by atoms with van der Waals surface area (Å²) in [5, 5.41) is 0. The maximum atomic E-state index is 13.7. The molecule has 3 rings (SSSR count). The van der Waals surface area contributed by atoms with Crippen molar-refractivity contribution in [2.24, 2.45) is 0 Å². The molecule has 0 aliphatic heterocycles. The number of aryl methyl sites for hydroxylation is 1. The van der Waals surface area contributed by atoms with Gasteiger partial charge in [-0.3, -0.25) is 0 Å². The second-order valence-electron chi connectivity index (χ2n) is 4.32. The van der Waals surface area contributed by atoms with Crippen molar-refractivity contribution in [3.8, 4) is 17.1 Å². The lowest BCUT2D eigenvalue weighted by Gasteiger charge is -2.02. The van der Waals surface area contributed by atoms with Crippen molar-refractivity contribution >= 4 is 11.2 Å². The molecule has 0 amide bonds. The number of aromatic amines is 1. The van der Waals surface area contributed by atoms with Crippen LogP contribution in [0.5, 0.6) is 5.75 Å². The van der Waals surface area contributed by atoms with Gasteiger partial charge in [0.25, 0.3) is 0 Å². The van der Waals surface area contributed by atoms with E-state index in [0.717, 1.165) is 11.1 Å². The van der Waals surface area contributed by atoms with Crippen molar-refractivity contribution in [1.82, 2.24) is 15.0 Å². The number of hydrogen-bond acceptors (Lipinski definition) is 3. The summed E-state index contributed by atoms with van der Waals surface area (Å²) in [5.74, 6) is 0.396. The molecule has 0 bridgehead atoms. The molecular formula is C14H12FN3O. The van der Waals surface area contributed by atoms with Crippen LogP contribution in [-0.4, -0.2) is 22.1 Å². The minimum Gasteiger partial charge on any atom is -0.494 e. The summed E-state index contributed by atoms with van der Waals surface area (Å²) in [6.07, 6.45) is 1.75. The molecule has 0 aliphatic rings. The molecule has 1 aromatic carbocycles. The third-order valence-electron chi connectivity index (χ3n) is 2.90. The van der Waals surface area contributed by atoms with Gasteiger partial charge in [0.1, 0.15) is 5.82 Å². The van der Waals surface area contributed by atoms with Gasteiger partial charge in [0.05, 0.1) is 12.6 Å². The normalized spacial score (nSPS) is 10.9. The summed E-state index contributed by atoms with van der Waals surface area (Å²) in [5.41, 5.74) is 3.17. The molecule has 1 N–H and O–H groups in total. The van der Waals surface area contributed by atoms with E-state index in [1.54, 1.807) is 18.3 Å². The Kier molecular flexibility index (Phi) is 2.67. The van der Waals surface area contributed by atoms with Gasteiger partial charge in [-0.05, 0) is 36.8 Å². The predicted molar refractivity (Wildman–Crippen MR) is 70.6 cm³/mol. The van der Waals surface area contributed by atoms with Crippen molar-refractivity contribution in [2.75, 3.05) is 7.11 Å². The Morgan fingerprint density at radius 1 is 1.26 bits per heavy atom. The summed E-state index contributed by atoms with van der Waals surface area (Å²) in [6, 6.07) is 6.69. The summed E-state index contributed by atoms with van der Waals surface area (Å²) < 4.78 is 18.6. The van der Waals surface area contributed by atoms with Crippen LogP contribution in [0, 0.1) is 12.7 Å². The van der Waals surface area contributed by atoms with Crippen LogP contribution >= 0.6 is 0 Å². The second-order valence-corrected chi connectivity index (χ2v) is 4.32. The minimum absolute atomic E-state index is 0.217. The van der Waals surface area contributed by atoms with Gasteiger partial charge in [-0.1, -0.05) is 0 Å². The fraction of sp³-hybridized carbons (Fsp3) is 0.143. The predicted octanol–water partition coefficient (Wildman–Crippen LogP) is 3.08. The number of benzene rings is 1. The molecule has 2 heterocycles. The van der Waals surface area contributed by atoms with Crippen LogP contribution in [0.25, 0.3) is 22.6 Å². The maximum absolute atomic E-state index is 13.7. The number of pyridine rings is 1. The third-order valence-corrected chi connectivity index (χ3v) is 2.90. The Bertz CT molecular complexity index is 752. The fourth-order valence-electron chi connectivity index (χ4n) is 1.95. The van der Waals surface area contributed by atoms with Gasteiger partial charge < -0.3 is 9.72 Å². The molecule has 4 nitrogen and oxygen atoms in total. The average molecular weight is 257 g/mol. The number of imidazole rings is 1. The molecular weight excluding hydrogens is 245 g/mol. The van der Waals surface area contributed by atoms with Crippen LogP contribution in [0.1, 0.15) is 5.56 Å². The average Bonchev–Trinajstić information content (AvgIpc) is 2.81. The molecule has 0 atom stereocenters. The molecule has 0 fully saturated rings. The van der Waals surface area contributed by atoms with Gasteiger partial charge in [0.2, 0.25) is 0 Å². The highest BCUT2D eigenvalue weighted by Gasteiger charge is 2.09. The number of hydrogen-bond donors (Lipinski definition) is 1. The number of aromatic nitrogens is 3. The number of rotatable bonds is 2. The first kappa shape index (κ1) is 11.6. The zero-order valence-corrected chi connectivity index (χ0v) is 10.6. The minimum atomic E-state index is -0.412. The molecule has 0 saturated heterocycles. The molecule has 96 valence electrons. The largest absolute Gasteiger partial charge is 0.494 e. The molecule has 0 aliphatic carbocycles. The Morgan fingerprint density at radius 3 is 2.84 bits per heavy atom. The Morgan fingerprint density at radius 2 is 2.11 bits per heavy atom. The van der Waals surface area contributed by atoms with Gasteiger partial charge in [-0.15, -0.1) is 0 Å². The highest BCUT2D eigenvalue weighted by molar-refractivity contribution is 5.76. The summed E-state index contributed by atoms with van der Waals surface area (Å²) in [7, 11) is 1.44. The third kappa shape index (κ3) is 2.03. The second kappa shape index (κ2) is 4.35. The number of fused-ring (bicyclic) bond motifs is 1. The van der Waals surface area contributed by atoms with Crippen LogP contribution in [-0.2, 0) is 0 Å². The highest BCUT2D eigenvalue weighted by Crippen LogP contribution is 2.25. The van der Waals surface area contributed by atoms with Crippen LogP contribution in [0.4, 0.5) is 4.39 Å². The zero-order valence-electron chi connectivity index (χ0n) is 10.6. The number of nitrogens with zero attached hydrogens (tertiary/aromatic N) is 2. The molecule has 0 radical (unpaired) electrons. The lowest BCUT2D eigenvalue weighted by atomic mass is 10.2. The smallest absolute Gasteiger partial charge is 0.178 e. The van der Waals surface area contributed by atoms with E-state index in [-0.39, 0.29) is 5.75 Å². The molecule has 0 unspecified atom stereocenters.